The third-order valence-corrected chi connectivity index (χ3v) is 5.65. The Morgan fingerprint density at radius 3 is 2.35 bits per heavy atom. The predicted octanol–water partition coefficient (Wildman–Crippen LogP) is 5.87. The van der Waals surface area contributed by atoms with Gasteiger partial charge in [-0.15, -0.1) is 0 Å². The average molecular weight is 474 g/mol. The van der Waals surface area contributed by atoms with Gasteiger partial charge in [-0.3, -0.25) is 4.79 Å². The summed E-state index contributed by atoms with van der Waals surface area (Å²) in [5.41, 5.74) is 6.43. The van der Waals surface area contributed by atoms with Crippen LogP contribution in [0.25, 0.3) is 5.69 Å². The van der Waals surface area contributed by atoms with E-state index in [4.69, 9.17) is 21.1 Å². The third-order valence-electron chi connectivity index (χ3n) is 5.28. The van der Waals surface area contributed by atoms with Crippen LogP contribution in [0.15, 0.2) is 96.4 Å². The van der Waals surface area contributed by atoms with Gasteiger partial charge in [0.15, 0.2) is 11.5 Å². The number of rotatable bonds is 8. The molecule has 0 aliphatic carbocycles. The summed E-state index contributed by atoms with van der Waals surface area (Å²) in [4.78, 5) is 12.5. The van der Waals surface area contributed by atoms with E-state index in [1.165, 1.54) is 0 Å². The molecule has 7 heteroatoms. The molecule has 0 radical (unpaired) electrons. The molecule has 0 atom stereocenters. The highest BCUT2D eigenvalue weighted by molar-refractivity contribution is 6.31. The second kappa shape index (κ2) is 10.7. The van der Waals surface area contributed by atoms with Gasteiger partial charge in [0.25, 0.3) is 5.91 Å². The number of nitrogens with zero attached hydrogens (tertiary/aromatic N) is 2. The zero-order valence-electron chi connectivity index (χ0n) is 18.9. The first kappa shape index (κ1) is 23.1. The third kappa shape index (κ3) is 5.47. The lowest BCUT2D eigenvalue weighted by atomic mass is 10.1. The van der Waals surface area contributed by atoms with Crippen molar-refractivity contribution < 1.29 is 14.3 Å². The van der Waals surface area contributed by atoms with E-state index in [9.17, 15) is 4.79 Å². The maximum absolute atomic E-state index is 12.5. The van der Waals surface area contributed by atoms with Crippen LogP contribution in [0.3, 0.4) is 0 Å². The van der Waals surface area contributed by atoms with Crippen LogP contribution in [0.4, 0.5) is 0 Å². The van der Waals surface area contributed by atoms with Crippen molar-refractivity contribution in [3.63, 3.8) is 0 Å². The molecule has 3 aromatic carbocycles. The summed E-state index contributed by atoms with van der Waals surface area (Å²) in [7, 11) is 1.58. The van der Waals surface area contributed by atoms with Gasteiger partial charge >= 0.3 is 0 Å². The summed E-state index contributed by atoms with van der Waals surface area (Å²) < 4.78 is 13.4. The van der Waals surface area contributed by atoms with Crippen LogP contribution < -0.4 is 14.9 Å². The molecular formula is C27H24ClN3O3. The fourth-order valence-electron chi connectivity index (χ4n) is 3.34. The zero-order valence-corrected chi connectivity index (χ0v) is 19.6. The molecule has 4 rings (SSSR count). The maximum Gasteiger partial charge on any atom is 0.271 e. The topological polar surface area (TPSA) is 64.8 Å². The molecule has 1 heterocycles. The van der Waals surface area contributed by atoms with Gasteiger partial charge in [0.05, 0.1) is 12.8 Å². The number of halogens is 1. The molecule has 34 heavy (non-hydrogen) atoms. The van der Waals surface area contributed by atoms with Crippen molar-refractivity contribution >= 4 is 23.2 Å². The van der Waals surface area contributed by atoms with Crippen LogP contribution >= 0.6 is 11.6 Å². The predicted molar refractivity (Wildman–Crippen MR) is 134 cm³/mol. The van der Waals surface area contributed by atoms with Crippen LogP contribution in [0.1, 0.15) is 28.4 Å². The van der Waals surface area contributed by atoms with Gasteiger partial charge in [0.1, 0.15) is 6.61 Å². The molecule has 1 aromatic heterocycles. The lowest BCUT2D eigenvalue weighted by Gasteiger charge is -2.13. The summed E-state index contributed by atoms with van der Waals surface area (Å²) in [5, 5.41) is 4.90. The maximum atomic E-state index is 12.5. The molecule has 0 spiro atoms. The first-order valence-corrected chi connectivity index (χ1v) is 11.1. The average Bonchev–Trinajstić information content (AvgIpc) is 3.42. The van der Waals surface area contributed by atoms with Crippen molar-refractivity contribution in [1.29, 1.82) is 0 Å². The first-order valence-electron chi connectivity index (χ1n) is 10.7. The smallest absolute Gasteiger partial charge is 0.271 e. The van der Waals surface area contributed by atoms with E-state index in [1.807, 2.05) is 90.6 Å². The molecule has 0 unspecified atom stereocenters. The fraction of sp³-hybridized carbons (Fsp3) is 0.111. The number of methoxy groups -OCH3 is 1. The van der Waals surface area contributed by atoms with Crippen molar-refractivity contribution in [2.24, 2.45) is 5.10 Å². The molecule has 0 aliphatic heterocycles. The Morgan fingerprint density at radius 2 is 1.65 bits per heavy atom. The lowest BCUT2D eigenvalue weighted by Crippen LogP contribution is -2.19. The number of hydrogen-bond donors (Lipinski definition) is 1. The van der Waals surface area contributed by atoms with E-state index < -0.39 is 0 Å². The van der Waals surface area contributed by atoms with Crippen molar-refractivity contribution in [1.82, 2.24) is 9.99 Å². The van der Waals surface area contributed by atoms with Crippen LogP contribution in [0.2, 0.25) is 5.02 Å². The van der Waals surface area contributed by atoms with Gasteiger partial charge in [-0.1, -0.05) is 29.8 Å². The van der Waals surface area contributed by atoms with Gasteiger partial charge in [0, 0.05) is 39.8 Å². The van der Waals surface area contributed by atoms with Crippen LogP contribution in [0, 0.1) is 0 Å². The van der Waals surface area contributed by atoms with E-state index in [0.717, 1.165) is 16.8 Å². The molecule has 0 bridgehead atoms. The van der Waals surface area contributed by atoms with E-state index in [0.29, 0.717) is 34.4 Å². The summed E-state index contributed by atoms with van der Waals surface area (Å²) in [6, 6.07) is 24.2. The Morgan fingerprint density at radius 1 is 0.941 bits per heavy atom. The van der Waals surface area contributed by atoms with Crippen molar-refractivity contribution in [2.45, 2.75) is 13.5 Å². The number of carbonyl (C=O) groups is 1. The number of ether oxygens (including phenoxy) is 2. The fourth-order valence-corrected chi connectivity index (χ4v) is 3.53. The van der Waals surface area contributed by atoms with E-state index in [1.54, 1.807) is 19.2 Å². The Labute approximate surface area is 203 Å². The number of hydrogen-bond acceptors (Lipinski definition) is 4. The number of benzene rings is 3. The summed E-state index contributed by atoms with van der Waals surface area (Å²) in [6.07, 6.45) is 3.90. The van der Waals surface area contributed by atoms with Crippen molar-refractivity contribution in [3.05, 3.63) is 113 Å². The summed E-state index contributed by atoms with van der Waals surface area (Å²) in [5.74, 6) is 0.863. The van der Waals surface area contributed by atoms with Gasteiger partial charge < -0.3 is 14.0 Å². The van der Waals surface area contributed by atoms with Gasteiger partial charge in [-0.05, 0) is 67.6 Å². The largest absolute Gasteiger partial charge is 0.493 e. The minimum Gasteiger partial charge on any atom is -0.493 e. The Bertz CT molecular complexity index is 1300. The Kier molecular flexibility index (Phi) is 7.30. The minimum atomic E-state index is -0.287. The highest BCUT2D eigenvalue weighted by Gasteiger charge is 2.10. The summed E-state index contributed by atoms with van der Waals surface area (Å²) >= 11 is 6.20. The SMILES string of the molecule is COc1cc(/C(C)=N/NC(=O)c2ccc(-n3cccc3)cc2)ccc1OCc1ccccc1Cl. The van der Waals surface area contributed by atoms with Crippen molar-refractivity contribution in [3.8, 4) is 17.2 Å². The second-order valence-electron chi connectivity index (χ2n) is 7.52. The standard InChI is InChI=1S/C27H24ClN3O3/c1-19(29-30-27(32)20-9-12-23(13-10-20)31-15-5-6-16-31)21-11-14-25(26(17-21)33-2)34-18-22-7-3-4-8-24(22)28/h3-17H,18H2,1-2H3,(H,30,32)/b29-19+. The highest BCUT2D eigenvalue weighted by atomic mass is 35.5. The monoisotopic (exact) mass is 473 g/mol. The highest BCUT2D eigenvalue weighted by Crippen LogP contribution is 2.30. The normalized spacial score (nSPS) is 11.2. The molecule has 4 aromatic rings. The summed E-state index contributed by atoms with van der Waals surface area (Å²) in [6.45, 7) is 2.14. The molecular weight excluding hydrogens is 450 g/mol. The van der Waals surface area contributed by atoms with Crippen molar-refractivity contribution in [2.75, 3.05) is 7.11 Å². The second-order valence-corrected chi connectivity index (χ2v) is 7.93. The number of amides is 1. The Balaban J connectivity index is 1.41. The molecule has 0 saturated carbocycles. The zero-order chi connectivity index (χ0) is 23.9. The molecule has 0 aliphatic rings. The van der Waals surface area contributed by atoms with Gasteiger partial charge in [-0.25, -0.2) is 5.43 Å². The van der Waals surface area contributed by atoms with Gasteiger partial charge in [-0.2, -0.15) is 5.10 Å². The first-order chi connectivity index (χ1) is 16.5. The van der Waals surface area contributed by atoms with Gasteiger partial charge in [0.2, 0.25) is 0 Å². The van der Waals surface area contributed by atoms with Crippen LogP contribution in [-0.2, 0) is 6.61 Å². The molecule has 1 amide bonds. The molecule has 6 nitrogen and oxygen atoms in total. The number of nitrogens with one attached hydrogen (secondary N) is 1. The molecule has 1 N–H and O–H groups in total. The van der Waals surface area contributed by atoms with E-state index >= 15 is 0 Å². The number of carbonyl (C=O) groups excluding carboxylic acids is 1. The Hall–Kier alpha value is -4.03. The number of aromatic nitrogens is 1. The lowest BCUT2D eigenvalue weighted by molar-refractivity contribution is 0.0955. The molecule has 0 saturated heterocycles. The quantitative estimate of drug-likeness (QED) is 0.257. The minimum absolute atomic E-state index is 0.287. The van der Waals surface area contributed by atoms with E-state index in [-0.39, 0.29) is 5.91 Å². The van der Waals surface area contributed by atoms with Crippen LogP contribution in [0.5, 0.6) is 11.5 Å². The molecule has 0 fully saturated rings. The molecule has 172 valence electrons. The van der Waals surface area contributed by atoms with Crippen LogP contribution in [-0.4, -0.2) is 23.3 Å². The number of hydrazone groups is 1. The van der Waals surface area contributed by atoms with E-state index in [2.05, 4.69) is 10.5 Å².